The molecule has 0 radical (unpaired) electrons. The third-order valence-electron chi connectivity index (χ3n) is 5.03. The predicted molar refractivity (Wildman–Crippen MR) is 106 cm³/mol. The molecular formula is C22H16BrFN2O. The maximum absolute atomic E-state index is 13.7. The summed E-state index contributed by atoms with van der Waals surface area (Å²) in [5, 5.41) is 6.91. The lowest BCUT2D eigenvalue weighted by Crippen LogP contribution is -2.33. The minimum Gasteiger partial charge on any atom is -0.464 e. The minimum atomic E-state index is -0.400. The van der Waals surface area contributed by atoms with E-state index in [0.717, 1.165) is 34.6 Å². The molecule has 5 rings (SSSR count). The van der Waals surface area contributed by atoms with Gasteiger partial charge in [0.2, 0.25) is 6.23 Å². The van der Waals surface area contributed by atoms with E-state index < -0.39 is 6.23 Å². The summed E-state index contributed by atoms with van der Waals surface area (Å²) in [4.78, 5) is 0. The van der Waals surface area contributed by atoms with Crippen molar-refractivity contribution in [3.63, 3.8) is 0 Å². The van der Waals surface area contributed by atoms with E-state index in [1.807, 2.05) is 41.4 Å². The Hall–Kier alpha value is -2.66. The van der Waals surface area contributed by atoms with E-state index in [0.29, 0.717) is 4.47 Å². The Balaban J connectivity index is 1.61. The van der Waals surface area contributed by atoms with Gasteiger partial charge in [-0.1, -0.05) is 54.6 Å². The van der Waals surface area contributed by atoms with Crippen LogP contribution < -0.4 is 4.74 Å². The molecule has 2 heterocycles. The van der Waals surface area contributed by atoms with Gasteiger partial charge in [0.1, 0.15) is 11.6 Å². The second-order valence-electron chi connectivity index (χ2n) is 6.69. The summed E-state index contributed by atoms with van der Waals surface area (Å²) in [6, 6.07) is 23.3. The molecule has 0 amide bonds. The number of rotatable bonds is 2. The molecule has 0 aromatic heterocycles. The summed E-state index contributed by atoms with van der Waals surface area (Å²) in [7, 11) is 0. The average Bonchev–Trinajstić information content (AvgIpc) is 3.16. The summed E-state index contributed by atoms with van der Waals surface area (Å²) in [5.41, 5.74) is 4.14. The van der Waals surface area contributed by atoms with Gasteiger partial charge >= 0.3 is 0 Å². The summed E-state index contributed by atoms with van der Waals surface area (Å²) < 4.78 is 20.4. The Morgan fingerprint density at radius 3 is 2.59 bits per heavy atom. The number of ether oxygens (including phenoxy) is 1. The van der Waals surface area contributed by atoms with E-state index in [2.05, 4.69) is 34.1 Å². The smallest absolute Gasteiger partial charge is 0.213 e. The van der Waals surface area contributed by atoms with E-state index in [-0.39, 0.29) is 11.9 Å². The maximum Gasteiger partial charge on any atom is 0.213 e. The SMILES string of the molecule is Fc1ccc([C@@H]2Oc3ccccc3[C@@H]3CC(c4ccccc4)=NN32)cc1Br. The molecule has 27 heavy (non-hydrogen) atoms. The van der Waals surface area contributed by atoms with Crippen LogP contribution in [0.4, 0.5) is 4.39 Å². The molecule has 0 saturated heterocycles. The van der Waals surface area contributed by atoms with Gasteiger partial charge in [-0.25, -0.2) is 9.40 Å². The molecule has 2 aliphatic rings. The molecule has 3 aromatic carbocycles. The van der Waals surface area contributed by atoms with Crippen molar-refractivity contribution in [2.24, 2.45) is 5.10 Å². The molecular weight excluding hydrogens is 407 g/mol. The fraction of sp³-hybridized carbons (Fsp3) is 0.136. The molecule has 0 N–H and O–H groups in total. The average molecular weight is 423 g/mol. The molecule has 0 saturated carbocycles. The van der Waals surface area contributed by atoms with Gasteiger partial charge in [0.25, 0.3) is 0 Å². The number of fused-ring (bicyclic) bond motifs is 3. The molecule has 134 valence electrons. The molecule has 3 aromatic rings. The number of benzene rings is 3. The lowest BCUT2D eigenvalue weighted by atomic mass is 9.96. The second kappa shape index (κ2) is 6.50. The Labute approximate surface area is 165 Å². The molecule has 2 atom stereocenters. The summed E-state index contributed by atoms with van der Waals surface area (Å²) in [6.07, 6.45) is 0.409. The molecule has 3 nitrogen and oxygen atoms in total. The number of para-hydroxylation sites is 1. The fourth-order valence-electron chi connectivity index (χ4n) is 3.73. The molecule has 5 heteroatoms. The Kier molecular flexibility index (Phi) is 3.97. The zero-order valence-corrected chi connectivity index (χ0v) is 15.9. The van der Waals surface area contributed by atoms with Crippen LogP contribution in [0.1, 0.15) is 35.4 Å². The van der Waals surface area contributed by atoms with Gasteiger partial charge in [-0.15, -0.1) is 0 Å². The van der Waals surface area contributed by atoms with Gasteiger partial charge in [0.05, 0.1) is 16.2 Å². The third-order valence-corrected chi connectivity index (χ3v) is 5.64. The summed E-state index contributed by atoms with van der Waals surface area (Å²) in [6.45, 7) is 0. The van der Waals surface area contributed by atoms with Crippen molar-refractivity contribution in [2.45, 2.75) is 18.7 Å². The van der Waals surface area contributed by atoms with Crippen molar-refractivity contribution >= 4 is 21.6 Å². The highest BCUT2D eigenvalue weighted by molar-refractivity contribution is 9.10. The Morgan fingerprint density at radius 1 is 1.00 bits per heavy atom. The first kappa shape index (κ1) is 16.5. The lowest BCUT2D eigenvalue weighted by Gasteiger charge is -2.38. The second-order valence-corrected chi connectivity index (χ2v) is 7.55. The molecule has 0 fully saturated rings. The molecule has 0 spiro atoms. The van der Waals surface area contributed by atoms with Crippen LogP contribution in [0.2, 0.25) is 0 Å². The first-order valence-corrected chi connectivity index (χ1v) is 9.62. The number of halogens is 2. The zero-order chi connectivity index (χ0) is 18.4. The van der Waals surface area contributed by atoms with Crippen molar-refractivity contribution in [1.29, 1.82) is 0 Å². The van der Waals surface area contributed by atoms with Crippen LogP contribution in [0.15, 0.2) is 82.4 Å². The van der Waals surface area contributed by atoms with Gasteiger partial charge in [-0.3, -0.25) is 0 Å². The van der Waals surface area contributed by atoms with Gasteiger partial charge < -0.3 is 4.74 Å². The number of hydrogen-bond donors (Lipinski definition) is 0. The van der Waals surface area contributed by atoms with Crippen molar-refractivity contribution in [3.05, 3.63) is 99.8 Å². The van der Waals surface area contributed by atoms with Crippen LogP contribution in [0.25, 0.3) is 0 Å². The van der Waals surface area contributed by atoms with E-state index >= 15 is 0 Å². The van der Waals surface area contributed by atoms with E-state index in [1.165, 1.54) is 6.07 Å². The molecule has 2 aliphatic heterocycles. The van der Waals surface area contributed by atoms with Crippen molar-refractivity contribution in [3.8, 4) is 5.75 Å². The van der Waals surface area contributed by atoms with Crippen LogP contribution in [0, 0.1) is 5.82 Å². The maximum atomic E-state index is 13.7. The highest BCUT2D eigenvalue weighted by atomic mass is 79.9. The van der Waals surface area contributed by atoms with E-state index in [1.54, 1.807) is 12.1 Å². The standard InChI is InChI=1S/C22H16BrFN2O/c23-17-12-15(10-11-18(17)24)22-26-20(16-8-4-5-9-21(16)27-22)13-19(25-26)14-6-2-1-3-7-14/h1-12,20,22H,13H2/t20-,22-/m0/s1. The monoisotopic (exact) mass is 422 g/mol. The number of hydrazone groups is 1. The molecule has 0 unspecified atom stereocenters. The summed E-state index contributed by atoms with van der Waals surface area (Å²) in [5.74, 6) is 0.565. The van der Waals surface area contributed by atoms with Crippen molar-refractivity contribution < 1.29 is 9.13 Å². The zero-order valence-electron chi connectivity index (χ0n) is 14.3. The predicted octanol–water partition coefficient (Wildman–Crippen LogP) is 5.83. The third kappa shape index (κ3) is 2.82. The first-order chi connectivity index (χ1) is 13.2. The topological polar surface area (TPSA) is 24.8 Å². The molecule has 0 aliphatic carbocycles. The number of hydrogen-bond acceptors (Lipinski definition) is 3. The highest BCUT2D eigenvalue weighted by Crippen LogP contribution is 2.47. The van der Waals surface area contributed by atoms with Crippen molar-refractivity contribution in [2.75, 3.05) is 0 Å². The van der Waals surface area contributed by atoms with Gasteiger partial charge in [0.15, 0.2) is 0 Å². The summed E-state index contributed by atoms with van der Waals surface area (Å²) >= 11 is 3.28. The minimum absolute atomic E-state index is 0.0963. The van der Waals surface area contributed by atoms with Crippen LogP contribution in [-0.2, 0) is 0 Å². The van der Waals surface area contributed by atoms with Crippen LogP contribution >= 0.6 is 15.9 Å². The van der Waals surface area contributed by atoms with Gasteiger partial charge in [-0.05, 0) is 39.7 Å². The van der Waals surface area contributed by atoms with Gasteiger partial charge in [-0.2, -0.15) is 5.10 Å². The Morgan fingerprint density at radius 2 is 1.78 bits per heavy atom. The fourth-order valence-corrected chi connectivity index (χ4v) is 4.12. The Bertz CT molecular complexity index is 1040. The van der Waals surface area contributed by atoms with Crippen LogP contribution in [-0.4, -0.2) is 10.7 Å². The largest absolute Gasteiger partial charge is 0.464 e. The quantitative estimate of drug-likeness (QED) is 0.518. The van der Waals surface area contributed by atoms with E-state index in [4.69, 9.17) is 9.84 Å². The normalized spacial score (nSPS) is 20.5. The highest BCUT2D eigenvalue weighted by Gasteiger charge is 2.40. The lowest BCUT2D eigenvalue weighted by molar-refractivity contribution is -0.0191. The van der Waals surface area contributed by atoms with E-state index in [9.17, 15) is 4.39 Å². The van der Waals surface area contributed by atoms with Crippen molar-refractivity contribution in [1.82, 2.24) is 5.01 Å². The number of nitrogens with zero attached hydrogens (tertiary/aromatic N) is 2. The van der Waals surface area contributed by atoms with Gasteiger partial charge in [0, 0.05) is 17.5 Å². The van der Waals surface area contributed by atoms with Crippen LogP contribution in [0.3, 0.4) is 0 Å². The van der Waals surface area contributed by atoms with Crippen LogP contribution in [0.5, 0.6) is 5.75 Å². The molecule has 0 bridgehead atoms. The first-order valence-electron chi connectivity index (χ1n) is 8.82.